The zero-order valence-electron chi connectivity index (χ0n) is 20.2. The lowest BCUT2D eigenvalue weighted by molar-refractivity contribution is -0.140. The number of carbonyl (C=O) groups is 2. The van der Waals surface area contributed by atoms with Crippen molar-refractivity contribution in [1.82, 2.24) is 10.2 Å². The minimum absolute atomic E-state index is 0.0148. The van der Waals surface area contributed by atoms with E-state index in [0.29, 0.717) is 11.4 Å². The number of carbonyl (C=O) groups excluding carboxylic acids is 2. The van der Waals surface area contributed by atoms with Gasteiger partial charge in [0, 0.05) is 18.6 Å². The van der Waals surface area contributed by atoms with Crippen molar-refractivity contribution in [3.8, 4) is 0 Å². The van der Waals surface area contributed by atoms with Crippen LogP contribution in [0.15, 0.2) is 77.7 Å². The van der Waals surface area contributed by atoms with E-state index in [2.05, 4.69) is 5.32 Å². The van der Waals surface area contributed by atoms with Gasteiger partial charge in [-0.25, -0.2) is 8.42 Å². The van der Waals surface area contributed by atoms with E-state index < -0.39 is 28.5 Å². The van der Waals surface area contributed by atoms with Crippen LogP contribution in [-0.4, -0.2) is 44.8 Å². The SMILES string of the molecule is CCC(C(=O)NC)N(Cc1ccc(Cl)cc1)C(=O)CN(c1cccc(Cl)c1Cl)S(=O)(=O)c1ccccc1. The van der Waals surface area contributed by atoms with Crippen LogP contribution >= 0.6 is 34.8 Å². The van der Waals surface area contributed by atoms with E-state index in [1.165, 1.54) is 36.2 Å². The number of nitrogens with one attached hydrogen (secondary N) is 1. The highest BCUT2D eigenvalue weighted by Crippen LogP contribution is 2.35. The fraction of sp³-hybridized carbons (Fsp3) is 0.231. The fourth-order valence-corrected chi connectivity index (χ4v) is 5.81. The summed E-state index contributed by atoms with van der Waals surface area (Å²) in [6.45, 7) is 1.22. The molecule has 0 saturated heterocycles. The van der Waals surface area contributed by atoms with Crippen molar-refractivity contribution >= 4 is 62.3 Å². The lowest BCUT2D eigenvalue weighted by atomic mass is 10.1. The van der Waals surface area contributed by atoms with Crippen molar-refractivity contribution in [3.05, 3.63) is 93.4 Å². The number of anilines is 1. The Hall–Kier alpha value is -2.78. The highest BCUT2D eigenvalue weighted by atomic mass is 35.5. The number of rotatable bonds is 10. The summed E-state index contributed by atoms with van der Waals surface area (Å²) in [5, 5.41) is 3.22. The number of hydrogen-bond acceptors (Lipinski definition) is 4. The van der Waals surface area contributed by atoms with E-state index in [-0.39, 0.29) is 33.1 Å². The van der Waals surface area contributed by atoms with Gasteiger partial charge in [0.2, 0.25) is 11.8 Å². The van der Waals surface area contributed by atoms with E-state index in [1.54, 1.807) is 55.5 Å². The second-order valence-electron chi connectivity index (χ2n) is 8.08. The molecule has 0 radical (unpaired) electrons. The van der Waals surface area contributed by atoms with E-state index in [9.17, 15) is 18.0 Å². The van der Waals surface area contributed by atoms with Crippen molar-refractivity contribution < 1.29 is 18.0 Å². The van der Waals surface area contributed by atoms with Crippen LogP contribution in [0.1, 0.15) is 18.9 Å². The summed E-state index contributed by atoms with van der Waals surface area (Å²) in [6, 6.07) is 18.2. The molecule has 37 heavy (non-hydrogen) atoms. The maximum Gasteiger partial charge on any atom is 0.264 e. The summed E-state index contributed by atoms with van der Waals surface area (Å²) in [7, 11) is -2.75. The summed E-state index contributed by atoms with van der Waals surface area (Å²) in [4.78, 5) is 27.9. The largest absolute Gasteiger partial charge is 0.357 e. The first-order chi connectivity index (χ1) is 17.6. The summed E-state index contributed by atoms with van der Waals surface area (Å²) in [6.07, 6.45) is 0.308. The molecule has 7 nitrogen and oxygen atoms in total. The molecule has 0 aliphatic rings. The van der Waals surface area contributed by atoms with Crippen molar-refractivity contribution in [2.45, 2.75) is 30.8 Å². The van der Waals surface area contributed by atoms with Gasteiger partial charge in [-0.1, -0.05) is 78.1 Å². The maximum atomic E-state index is 13.8. The minimum atomic E-state index is -4.23. The summed E-state index contributed by atoms with van der Waals surface area (Å²) < 4.78 is 28.4. The topological polar surface area (TPSA) is 86.8 Å². The third-order valence-electron chi connectivity index (χ3n) is 5.71. The van der Waals surface area contributed by atoms with Gasteiger partial charge >= 0.3 is 0 Å². The molecule has 1 unspecified atom stereocenters. The molecule has 3 aromatic rings. The van der Waals surface area contributed by atoms with Gasteiger partial charge in [-0.15, -0.1) is 0 Å². The number of hydrogen-bond donors (Lipinski definition) is 1. The van der Waals surface area contributed by atoms with E-state index in [0.717, 1.165) is 9.87 Å². The van der Waals surface area contributed by atoms with Gasteiger partial charge in [-0.3, -0.25) is 13.9 Å². The van der Waals surface area contributed by atoms with Crippen LogP contribution in [0, 0.1) is 0 Å². The van der Waals surface area contributed by atoms with Crippen molar-refractivity contribution in [2.24, 2.45) is 0 Å². The predicted octanol–water partition coefficient (Wildman–Crippen LogP) is 5.40. The fourth-order valence-electron chi connectivity index (χ4n) is 3.79. The molecule has 0 aromatic heterocycles. The Bertz CT molecular complexity index is 1350. The van der Waals surface area contributed by atoms with Crippen LogP contribution in [0.4, 0.5) is 5.69 Å². The molecule has 196 valence electrons. The molecule has 1 atom stereocenters. The van der Waals surface area contributed by atoms with Crippen LogP contribution in [0.3, 0.4) is 0 Å². The van der Waals surface area contributed by atoms with Gasteiger partial charge in [0.15, 0.2) is 0 Å². The van der Waals surface area contributed by atoms with E-state index in [1.807, 2.05) is 0 Å². The van der Waals surface area contributed by atoms with Crippen LogP contribution in [0.2, 0.25) is 15.1 Å². The molecule has 0 fully saturated rings. The van der Waals surface area contributed by atoms with E-state index >= 15 is 0 Å². The van der Waals surface area contributed by atoms with Crippen molar-refractivity contribution in [2.75, 3.05) is 17.9 Å². The average Bonchev–Trinajstić information content (AvgIpc) is 2.90. The Morgan fingerprint density at radius 3 is 2.16 bits per heavy atom. The Morgan fingerprint density at radius 1 is 0.919 bits per heavy atom. The Morgan fingerprint density at radius 2 is 1.57 bits per heavy atom. The van der Waals surface area contributed by atoms with Gasteiger partial charge in [0.05, 0.1) is 20.6 Å². The molecule has 1 N–H and O–H groups in total. The Kier molecular flexibility index (Phi) is 9.84. The first-order valence-corrected chi connectivity index (χ1v) is 13.9. The Balaban J connectivity index is 2.09. The number of likely N-dealkylation sites (N-methyl/N-ethyl adjacent to an activating group) is 1. The van der Waals surface area contributed by atoms with Crippen molar-refractivity contribution in [3.63, 3.8) is 0 Å². The molecule has 3 rings (SSSR count). The average molecular weight is 583 g/mol. The molecule has 3 aromatic carbocycles. The van der Waals surface area contributed by atoms with Crippen LogP contribution < -0.4 is 9.62 Å². The number of sulfonamides is 1. The molecule has 0 aliphatic carbocycles. The summed E-state index contributed by atoms with van der Waals surface area (Å²) >= 11 is 18.6. The number of halogens is 3. The molecule has 0 saturated carbocycles. The second-order valence-corrected chi connectivity index (χ2v) is 11.2. The number of amides is 2. The van der Waals surface area contributed by atoms with Gasteiger partial charge < -0.3 is 10.2 Å². The second kappa shape index (κ2) is 12.6. The quantitative estimate of drug-likeness (QED) is 0.347. The predicted molar refractivity (Wildman–Crippen MR) is 148 cm³/mol. The third kappa shape index (κ3) is 6.76. The molecule has 0 spiro atoms. The molecule has 0 heterocycles. The monoisotopic (exact) mass is 581 g/mol. The highest BCUT2D eigenvalue weighted by Gasteiger charge is 2.34. The van der Waals surface area contributed by atoms with Crippen LogP contribution in [0.25, 0.3) is 0 Å². The molecular weight excluding hydrogens is 557 g/mol. The number of nitrogens with zero attached hydrogens (tertiary/aromatic N) is 2. The summed E-state index contributed by atoms with van der Waals surface area (Å²) in [5.74, 6) is -0.969. The lowest BCUT2D eigenvalue weighted by Crippen LogP contribution is -2.51. The highest BCUT2D eigenvalue weighted by molar-refractivity contribution is 7.92. The minimum Gasteiger partial charge on any atom is -0.357 e. The molecule has 2 amide bonds. The molecule has 0 bridgehead atoms. The van der Waals surface area contributed by atoms with Crippen molar-refractivity contribution in [1.29, 1.82) is 0 Å². The third-order valence-corrected chi connectivity index (χ3v) is 8.54. The molecule has 0 aliphatic heterocycles. The first-order valence-electron chi connectivity index (χ1n) is 11.4. The zero-order valence-corrected chi connectivity index (χ0v) is 23.3. The van der Waals surface area contributed by atoms with Gasteiger partial charge in [-0.2, -0.15) is 0 Å². The number of benzene rings is 3. The van der Waals surface area contributed by atoms with Crippen LogP contribution in [0.5, 0.6) is 0 Å². The van der Waals surface area contributed by atoms with Gasteiger partial charge in [-0.05, 0) is 48.4 Å². The van der Waals surface area contributed by atoms with E-state index in [4.69, 9.17) is 34.8 Å². The standard InChI is InChI=1S/C26H26Cl3N3O4S/c1-3-22(26(34)30-2)31(16-18-12-14-19(27)15-13-18)24(33)17-32(23-11-7-10-21(28)25(23)29)37(35,36)20-8-5-4-6-9-20/h4-15,22H,3,16-17H2,1-2H3,(H,30,34). The maximum absolute atomic E-state index is 13.8. The van der Waals surface area contributed by atoms with Gasteiger partial charge in [0.1, 0.15) is 12.6 Å². The first kappa shape index (κ1) is 28.8. The normalized spacial score (nSPS) is 12.0. The lowest BCUT2D eigenvalue weighted by Gasteiger charge is -2.33. The molecular formula is C26H26Cl3N3O4S. The Labute approximate surface area is 232 Å². The summed E-state index contributed by atoms with van der Waals surface area (Å²) in [5.41, 5.74) is 0.768. The van der Waals surface area contributed by atoms with Crippen LogP contribution in [-0.2, 0) is 26.2 Å². The smallest absolute Gasteiger partial charge is 0.264 e. The van der Waals surface area contributed by atoms with Gasteiger partial charge in [0.25, 0.3) is 10.0 Å². The molecule has 11 heteroatoms. The zero-order chi connectivity index (χ0) is 27.2.